The number of ether oxygens (including phenoxy) is 2. The van der Waals surface area contributed by atoms with Gasteiger partial charge in [0.2, 0.25) is 5.91 Å². The molecule has 0 atom stereocenters. The van der Waals surface area contributed by atoms with Gasteiger partial charge in [0.25, 0.3) is 0 Å². The van der Waals surface area contributed by atoms with Gasteiger partial charge in [0, 0.05) is 24.5 Å². The van der Waals surface area contributed by atoms with Crippen molar-refractivity contribution in [2.45, 2.75) is 20.1 Å². The van der Waals surface area contributed by atoms with Gasteiger partial charge < -0.3 is 14.8 Å². The minimum absolute atomic E-state index is 0.181. The molecule has 1 aromatic carbocycles. The molecule has 0 spiro atoms. The molecule has 1 aliphatic rings. The fourth-order valence-electron chi connectivity index (χ4n) is 3.00. The van der Waals surface area contributed by atoms with Crippen LogP contribution in [0.3, 0.4) is 0 Å². The maximum Gasteiger partial charge on any atom is 0.324 e. The van der Waals surface area contributed by atoms with Gasteiger partial charge in [0.15, 0.2) is 11.5 Å². The highest BCUT2D eigenvalue weighted by atomic mass is 32.1. The van der Waals surface area contributed by atoms with Crippen molar-refractivity contribution in [2.24, 2.45) is 0 Å². The summed E-state index contributed by atoms with van der Waals surface area (Å²) in [5.74, 6) is 1.17. The summed E-state index contributed by atoms with van der Waals surface area (Å²) in [6.07, 6.45) is 0. The summed E-state index contributed by atoms with van der Waals surface area (Å²) in [5.41, 5.74) is 1.01. The Morgan fingerprint density at radius 2 is 2.18 bits per heavy atom. The van der Waals surface area contributed by atoms with Crippen LogP contribution in [0.4, 0.5) is 4.79 Å². The van der Waals surface area contributed by atoms with E-state index in [0.29, 0.717) is 44.3 Å². The Labute approximate surface area is 168 Å². The van der Waals surface area contributed by atoms with Crippen molar-refractivity contribution in [1.29, 1.82) is 0 Å². The van der Waals surface area contributed by atoms with Gasteiger partial charge in [0.1, 0.15) is 6.61 Å². The molecule has 0 aliphatic carbocycles. The molecule has 0 radical (unpaired) electrons. The molecule has 7 nitrogen and oxygen atoms in total. The minimum Gasteiger partial charge on any atom is -0.493 e. The van der Waals surface area contributed by atoms with Crippen LogP contribution in [0.2, 0.25) is 0 Å². The molecule has 150 valence electrons. The Hall–Kier alpha value is -2.58. The number of nitrogens with one attached hydrogen (secondary N) is 1. The van der Waals surface area contributed by atoms with Crippen LogP contribution in [-0.4, -0.2) is 55.0 Å². The molecule has 2 aromatic rings. The van der Waals surface area contributed by atoms with Gasteiger partial charge in [-0.3, -0.25) is 14.6 Å². The Morgan fingerprint density at radius 3 is 2.82 bits per heavy atom. The van der Waals surface area contributed by atoms with E-state index in [2.05, 4.69) is 5.32 Å². The average Bonchev–Trinajstić information content (AvgIpc) is 3.37. The summed E-state index contributed by atoms with van der Waals surface area (Å²) >= 11 is 1.65. The maximum absolute atomic E-state index is 12.4. The number of hydrogen-bond acceptors (Lipinski definition) is 6. The average molecular weight is 404 g/mol. The summed E-state index contributed by atoms with van der Waals surface area (Å²) in [5, 5.41) is 4.67. The van der Waals surface area contributed by atoms with Crippen LogP contribution in [0.1, 0.15) is 17.4 Å². The quantitative estimate of drug-likeness (QED) is 0.697. The zero-order chi connectivity index (χ0) is 19.9. The lowest BCUT2D eigenvalue weighted by molar-refractivity contribution is -0.128. The molecule has 3 amide bonds. The van der Waals surface area contributed by atoms with E-state index in [-0.39, 0.29) is 18.5 Å². The van der Waals surface area contributed by atoms with Crippen LogP contribution in [0.5, 0.6) is 11.5 Å². The van der Waals surface area contributed by atoms with Crippen molar-refractivity contribution in [1.82, 2.24) is 15.1 Å². The van der Waals surface area contributed by atoms with Crippen LogP contribution in [0.15, 0.2) is 35.7 Å². The highest BCUT2D eigenvalue weighted by Gasteiger charge is 2.27. The van der Waals surface area contributed by atoms with E-state index in [9.17, 15) is 9.59 Å². The number of rotatable bonds is 9. The number of nitrogens with zero attached hydrogens (tertiary/aromatic N) is 2. The van der Waals surface area contributed by atoms with Gasteiger partial charge in [-0.2, -0.15) is 0 Å². The first kappa shape index (κ1) is 20.2. The standard InChI is InChI=1S/C20H25N3O4S/c1-3-22(13-19(24)23-9-8-21-20(23)25)12-15-6-7-17(18(11-15)26-2)27-14-16-5-4-10-28-16/h4-7,10-11H,3,8-9,12-14H2,1-2H3,(H,21,25). The maximum atomic E-state index is 12.4. The molecule has 28 heavy (non-hydrogen) atoms. The van der Waals surface area contributed by atoms with Crippen LogP contribution in [0.25, 0.3) is 0 Å². The van der Waals surface area contributed by atoms with E-state index in [4.69, 9.17) is 9.47 Å². The molecular weight excluding hydrogens is 378 g/mol. The smallest absolute Gasteiger partial charge is 0.324 e. The van der Waals surface area contributed by atoms with Gasteiger partial charge in [-0.25, -0.2) is 4.79 Å². The molecule has 3 rings (SSSR count). The van der Waals surface area contributed by atoms with Crippen molar-refractivity contribution >= 4 is 23.3 Å². The number of methoxy groups -OCH3 is 1. The topological polar surface area (TPSA) is 71.1 Å². The van der Waals surface area contributed by atoms with Crippen molar-refractivity contribution in [2.75, 3.05) is 33.3 Å². The third-order valence-electron chi connectivity index (χ3n) is 4.55. The first-order valence-electron chi connectivity index (χ1n) is 9.23. The van der Waals surface area contributed by atoms with E-state index >= 15 is 0 Å². The van der Waals surface area contributed by atoms with Gasteiger partial charge >= 0.3 is 6.03 Å². The molecule has 0 bridgehead atoms. The van der Waals surface area contributed by atoms with Crippen LogP contribution < -0.4 is 14.8 Å². The predicted molar refractivity (Wildman–Crippen MR) is 108 cm³/mol. The first-order valence-corrected chi connectivity index (χ1v) is 10.1. The number of likely N-dealkylation sites (N-methyl/N-ethyl adjacent to an activating group) is 1. The number of hydrogen-bond donors (Lipinski definition) is 1. The largest absolute Gasteiger partial charge is 0.493 e. The zero-order valence-electron chi connectivity index (χ0n) is 16.1. The van der Waals surface area contributed by atoms with E-state index in [0.717, 1.165) is 10.4 Å². The number of carbonyl (C=O) groups is 2. The summed E-state index contributed by atoms with van der Waals surface area (Å²) in [6, 6.07) is 9.51. The van der Waals surface area contributed by atoms with Crippen LogP contribution >= 0.6 is 11.3 Å². The Morgan fingerprint density at radius 1 is 1.32 bits per heavy atom. The number of carbonyl (C=O) groups excluding carboxylic acids is 2. The minimum atomic E-state index is -0.310. The van der Waals surface area contributed by atoms with E-state index < -0.39 is 0 Å². The normalized spacial score (nSPS) is 13.7. The fraction of sp³-hybridized carbons (Fsp3) is 0.400. The third kappa shape index (κ3) is 5.02. The second-order valence-corrected chi connectivity index (χ2v) is 7.47. The third-order valence-corrected chi connectivity index (χ3v) is 5.40. The fourth-order valence-corrected chi connectivity index (χ4v) is 3.61. The Balaban J connectivity index is 1.61. The molecule has 2 heterocycles. The van der Waals surface area contributed by atoms with Gasteiger partial charge in [-0.1, -0.05) is 19.1 Å². The van der Waals surface area contributed by atoms with Crippen molar-refractivity contribution in [3.05, 3.63) is 46.2 Å². The van der Waals surface area contributed by atoms with E-state index in [1.165, 1.54) is 4.90 Å². The number of urea groups is 1. The molecule has 1 saturated heterocycles. The summed E-state index contributed by atoms with van der Waals surface area (Å²) in [4.78, 5) is 28.4. The second kappa shape index (κ2) is 9.57. The molecule has 1 fully saturated rings. The van der Waals surface area contributed by atoms with E-state index in [1.54, 1.807) is 18.4 Å². The molecule has 8 heteroatoms. The molecule has 1 aromatic heterocycles. The molecule has 1 aliphatic heterocycles. The van der Waals surface area contributed by atoms with Gasteiger partial charge in [-0.15, -0.1) is 11.3 Å². The van der Waals surface area contributed by atoms with Crippen molar-refractivity contribution < 1.29 is 19.1 Å². The van der Waals surface area contributed by atoms with Gasteiger partial charge in [-0.05, 0) is 35.7 Å². The molecule has 1 N–H and O–H groups in total. The Kier molecular flexibility index (Phi) is 6.89. The lowest BCUT2D eigenvalue weighted by Gasteiger charge is -2.22. The van der Waals surface area contributed by atoms with Crippen LogP contribution in [0, 0.1) is 0 Å². The first-order chi connectivity index (χ1) is 13.6. The zero-order valence-corrected chi connectivity index (χ0v) is 17.0. The SMILES string of the molecule is CCN(CC(=O)N1CCNC1=O)Cc1ccc(OCc2cccs2)c(OC)c1. The summed E-state index contributed by atoms with van der Waals surface area (Å²) in [6.45, 7) is 4.91. The number of benzene rings is 1. The van der Waals surface area contributed by atoms with E-state index in [1.807, 2.05) is 47.5 Å². The predicted octanol–water partition coefficient (Wildman–Crippen LogP) is 2.71. The summed E-state index contributed by atoms with van der Waals surface area (Å²) in [7, 11) is 1.62. The molecule has 0 unspecified atom stereocenters. The lowest BCUT2D eigenvalue weighted by Crippen LogP contribution is -2.41. The number of amides is 3. The summed E-state index contributed by atoms with van der Waals surface area (Å²) < 4.78 is 11.3. The highest BCUT2D eigenvalue weighted by molar-refractivity contribution is 7.09. The molecular formula is C20H25N3O4S. The van der Waals surface area contributed by atoms with Crippen LogP contribution in [-0.2, 0) is 17.9 Å². The lowest BCUT2D eigenvalue weighted by atomic mass is 10.2. The van der Waals surface area contributed by atoms with Crippen molar-refractivity contribution in [3.63, 3.8) is 0 Å². The monoisotopic (exact) mass is 403 g/mol. The Bertz CT molecular complexity index is 810. The number of thiophene rings is 1. The highest BCUT2D eigenvalue weighted by Crippen LogP contribution is 2.29. The van der Waals surface area contributed by atoms with Gasteiger partial charge in [0.05, 0.1) is 13.7 Å². The second-order valence-electron chi connectivity index (χ2n) is 6.43. The molecule has 0 saturated carbocycles. The number of imide groups is 1. The van der Waals surface area contributed by atoms with Crippen molar-refractivity contribution in [3.8, 4) is 11.5 Å².